The Bertz CT molecular complexity index is 1050. The number of carbonyl (C=O) groups is 1. The molecule has 1 saturated carbocycles. The zero-order valence-electron chi connectivity index (χ0n) is 18.6. The topological polar surface area (TPSA) is 61.4 Å². The molecule has 31 heavy (non-hydrogen) atoms. The maximum atomic E-state index is 13.3. The van der Waals surface area contributed by atoms with E-state index in [2.05, 4.69) is 36.4 Å². The van der Waals surface area contributed by atoms with Gasteiger partial charge in [-0.25, -0.2) is 9.97 Å². The van der Waals surface area contributed by atoms with E-state index in [4.69, 9.17) is 9.97 Å². The van der Waals surface area contributed by atoms with Crippen LogP contribution in [0.2, 0.25) is 0 Å². The Morgan fingerprint density at radius 2 is 1.71 bits per heavy atom. The van der Waals surface area contributed by atoms with E-state index in [1.165, 1.54) is 0 Å². The van der Waals surface area contributed by atoms with Gasteiger partial charge in [-0.1, -0.05) is 42.5 Å². The van der Waals surface area contributed by atoms with Crippen LogP contribution in [0.3, 0.4) is 0 Å². The largest absolute Gasteiger partial charge is 0.369 e. The van der Waals surface area contributed by atoms with Crippen LogP contribution in [0.25, 0.3) is 10.9 Å². The van der Waals surface area contributed by atoms with Gasteiger partial charge in [0.25, 0.3) is 0 Å². The molecule has 1 aliphatic carbocycles. The van der Waals surface area contributed by atoms with E-state index in [0.29, 0.717) is 12.4 Å². The number of anilines is 1. The van der Waals surface area contributed by atoms with Crippen molar-refractivity contribution in [2.24, 2.45) is 0 Å². The average Bonchev–Trinajstić information content (AvgIpc) is 3.58. The smallest absolute Gasteiger partial charge is 0.233 e. The van der Waals surface area contributed by atoms with Crippen LogP contribution in [0.1, 0.15) is 30.7 Å². The van der Waals surface area contributed by atoms with E-state index >= 15 is 0 Å². The molecule has 6 heteroatoms. The van der Waals surface area contributed by atoms with Crippen molar-refractivity contribution >= 4 is 22.6 Å². The first-order valence-corrected chi connectivity index (χ1v) is 10.9. The number of hydrogen-bond donors (Lipinski definition) is 1. The second-order valence-corrected chi connectivity index (χ2v) is 8.70. The van der Waals surface area contributed by atoms with Crippen molar-refractivity contribution in [3.8, 4) is 0 Å². The minimum absolute atomic E-state index is 0.149. The maximum absolute atomic E-state index is 13.3. The Morgan fingerprint density at radius 1 is 1.00 bits per heavy atom. The number of carbonyl (C=O) groups excluding carboxylic acids is 1. The van der Waals surface area contributed by atoms with Gasteiger partial charge in [0.05, 0.1) is 17.5 Å². The van der Waals surface area contributed by atoms with Gasteiger partial charge < -0.3 is 15.1 Å². The highest BCUT2D eigenvalue weighted by atomic mass is 16.2. The predicted molar refractivity (Wildman–Crippen MR) is 125 cm³/mol. The number of nitrogens with one attached hydrogen (secondary N) is 1. The zero-order valence-corrected chi connectivity index (χ0v) is 18.6. The molecule has 1 heterocycles. The number of likely N-dealkylation sites (N-methyl/N-ethyl adjacent to an activating group) is 1. The van der Waals surface area contributed by atoms with Crippen LogP contribution < -0.4 is 5.32 Å². The van der Waals surface area contributed by atoms with Crippen LogP contribution in [-0.4, -0.2) is 59.9 Å². The SMILES string of the molecule is CN(C)CCCNc1nc(CN(C)C(=O)C2(c3ccccc3)CC2)nc2ccccc12. The molecule has 1 N–H and O–H groups in total. The Balaban J connectivity index is 1.52. The molecule has 1 amide bonds. The average molecular weight is 418 g/mol. The molecule has 3 aromatic rings. The summed E-state index contributed by atoms with van der Waals surface area (Å²) in [5.41, 5.74) is 1.63. The fourth-order valence-electron chi connectivity index (χ4n) is 4.09. The Labute approximate surface area is 184 Å². The predicted octanol–water partition coefficient (Wildman–Crippen LogP) is 3.68. The Hall–Kier alpha value is -2.99. The van der Waals surface area contributed by atoms with E-state index < -0.39 is 0 Å². The number of hydrogen-bond acceptors (Lipinski definition) is 5. The van der Waals surface area contributed by atoms with Crippen molar-refractivity contribution in [3.05, 3.63) is 66.0 Å². The molecule has 1 aromatic heterocycles. The molecule has 0 atom stereocenters. The number of benzene rings is 2. The highest BCUT2D eigenvalue weighted by molar-refractivity contribution is 5.91. The molecule has 2 aromatic carbocycles. The van der Waals surface area contributed by atoms with Crippen molar-refractivity contribution in [2.75, 3.05) is 39.5 Å². The lowest BCUT2D eigenvalue weighted by atomic mass is 9.94. The van der Waals surface area contributed by atoms with Gasteiger partial charge in [-0.2, -0.15) is 0 Å². The molecule has 0 radical (unpaired) electrons. The van der Waals surface area contributed by atoms with Crippen molar-refractivity contribution in [1.29, 1.82) is 0 Å². The normalized spacial score (nSPS) is 14.6. The molecule has 0 spiro atoms. The third-order valence-corrected chi connectivity index (χ3v) is 5.94. The minimum Gasteiger partial charge on any atom is -0.369 e. The van der Waals surface area contributed by atoms with E-state index in [1.807, 2.05) is 49.5 Å². The lowest BCUT2D eigenvalue weighted by molar-refractivity contribution is -0.133. The first kappa shape index (κ1) is 21.2. The Kier molecular flexibility index (Phi) is 6.18. The standard InChI is InChI=1S/C25H31N5O/c1-29(2)17-9-16-26-23-20-12-7-8-13-21(20)27-22(28-23)18-30(3)24(31)25(14-15-25)19-10-5-4-6-11-19/h4-8,10-13H,9,14-18H2,1-3H3,(H,26,27,28). The first-order valence-electron chi connectivity index (χ1n) is 10.9. The van der Waals surface area contributed by atoms with Crippen LogP contribution >= 0.6 is 0 Å². The molecule has 6 nitrogen and oxygen atoms in total. The lowest BCUT2D eigenvalue weighted by Crippen LogP contribution is -2.36. The number of aromatic nitrogens is 2. The summed E-state index contributed by atoms with van der Waals surface area (Å²) in [5.74, 6) is 1.65. The molecule has 1 aliphatic rings. The van der Waals surface area contributed by atoms with E-state index in [-0.39, 0.29) is 11.3 Å². The lowest BCUT2D eigenvalue weighted by Gasteiger charge is -2.23. The highest BCUT2D eigenvalue weighted by Crippen LogP contribution is 2.49. The fourth-order valence-corrected chi connectivity index (χ4v) is 4.09. The van der Waals surface area contributed by atoms with Crippen LogP contribution in [0.4, 0.5) is 5.82 Å². The van der Waals surface area contributed by atoms with Gasteiger partial charge in [0.15, 0.2) is 5.82 Å². The van der Waals surface area contributed by atoms with E-state index in [0.717, 1.165) is 54.6 Å². The third-order valence-electron chi connectivity index (χ3n) is 5.94. The zero-order chi connectivity index (χ0) is 21.8. The first-order chi connectivity index (χ1) is 15.0. The highest BCUT2D eigenvalue weighted by Gasteiger charge is 2.52. The molecule has 1 fully saturated rings. The minimum atomic E-state index is -0.375. The summed E-state index contributed by atoms with van der Waals surface area (Å²) < 4.78 is 0. The van der Waals surface area contributed by atoms with Crippen molar-refractivity contribution in [1.82, 2.24) is 19.8 Å². The monoisotopic (exact) mass is 417 g/mol. The molecule has 162 valence electrons. The third kappa shape index (κ3) is 4.69. The summed E-state index contributed by atoms with van der Waals surface area (Å²) in [6, 6.07) is 18.1. The number of fused-ring (bicyclic) bond motifs is 1. The second-order valence-electron chi connectivity index (χ2n) is 8.70. The van der Waals surface area contributed by atoms with Gasteiger partial charge in [-0.05, 0) is 57.6 Å². The quantitative estimate of drug-likeness (QED) is 0.538. The molecule has 4 rings (SSSR count). The number of para-hydroxylation sites is 1. The molecule has 0 unspecified atom stereocenters. The number of amides is 1. The van der Waals surface area contributed by atoms with Crippen molar-refractivity contribution in [3.63, 3.8) is 0 Å². The van der Waals surface area contributed by atoms with E-state index in [1.54, 1.807) is 4.90 Å². The van der Waals surface area contributed by atoms with Gasteiger partial charge in [0, 0.05) is 19.0 Å². The summed E-state index contributed by atoms with van der Waals surface area (Å²) in [6.07, 6.45) is 2.83. The Morgan fingerprint density at radius 3 is 2.42 bits per heavy atom. The summed E-state index contributed by atoms with van der Waals surface area (Å²) in [6.45, 7) is 2.25. The number of nitrogens with zero attached hydrogens (tertiary/aromatic N) is 4. The molecular weight excluding hydrogens is 386 g/mol. The van der Waals surface area contributed by atoms with Crippen LogP contribution in [0, 0.1) is 0 Å². The summed E-state index contributed by atoms with van der Waals surface area (Å²) in [4.78, 5) is 26.8. The van der Waals surface area contributed by atoms with Gasteiger partial charge >= 0.3 is 0 Å². The van der Waals surface area contributed by atoms with Crippen molar-refractivity contribution < 1.29 is 4.79 Å². The number of rotatable bonds is 9. The molecule has 0 aliphatic heterocycles. The summed E-state index contributed by atoms with van der Waals surface area (Å²) in [5, 5.41) is 4.48. The van der Waals surface area contributed by atoms with Crippen LogP contribution in [-0.2, 0) is 16.8 Å². The molecular formula is C25H31N5O. The van der Waals surface area contributed by atoms with Gasteiger partial charge in [0.1, 0.15) is 5.82 Å². The molecule has 0 bridgehead atoms. The fraction of sp³-hybridized carbons (Fsp3) is 0.400. The second kappa shape index (κ2) is 9.02. The van der Waals surface area contributed by atoms with E-state index in [9.17, 15) is 4.79 Å². The van der Waals surface area contributed by atoms with Gasteiger partial charge in [0.2, 0.25) is 5.91 Å². The van der Waals surface area contributed by atoms with Gasteiger partial charge in [-0.15, -0.1) is 0 Å². The van der Waals surface area contributed by atoms with Crippen LogP contribution in [0.5, 0.6) is 0 Å². The van der Waals surface area contributed by atoms with Crippen LogP contribution in [0.15, 0.2) is 54.6 Å². The van der Waals surface area contributed by atoms with Crippen molar-refractivity contribution in [2.45, 2.75) is 31.2 Å². The van der Waals surface area contributed by atoms with Gasteiger partial charge in [-0.3, -0.25) is 4.79 Å². The summed E-state index contributed by atoms with van der Waals surface area (Å²) >= 11 is 0. The molecule has 0 saturated heterocycles. The summed E-state index contributed by atoms with van der Waals surface area (Å²) in [7, 11) is 6.01. The maximum Gasteiger partial charge on any atom is 0.233 e.